The Hall–Kier alpha value is -0.290. The molecular weight excluding hydrogens is 182 g/mol. The van der Waals surface area contributed by atoms with Gasteiger partial charge >= 0.3 is 5.97 Å². The molecule has 3 nitrogen and oxygen atoms in total. The normalized spacial score (nSPS) is 12.5. The summed E-state index contributed by atoms with van der Waals surface area (Å²) in [4.78, 5) is 10.7. The van der Waals surface area contributed by atoms with Crippen LogP contribution in [0.1, 0.15) is 13.3 Å². The van der Waals surface area contributed by atoms with Gasteiger partial charge in [-0.3, -0.25) is 4.79 Å². The second kappa shape index (κ2) is 5.37. The van der Waals surface area contributed by atoms with Gasteiger partial charge in [0.2, 0.25) is 0 Å². The molecule has 0 aromatic heterocycles. The highest BCUT2D eigenvalue weighted by Crippen LogP contribution is 2.11. The lowest BCUT2D eigenvalue weighted by atomic mass is 10.5. The van der Waals surface area contributed by atoms with Gasteiger partial charge < -0.3 is 10.8 Å². The van der Waals surface area contributed by atoms with Crippen LogP contribution < -0.4 is 5.73 Å². The molecule has 0 heterocycles. The quantitative estimate of drug-likeness (QED) is 0.634. The minimum absolute atomic E-state index is 0.371. The average Bonchev–Trinajstić information content (AvgIpc) is 1.86. The highest BCUT2D eigenvalue weighted by Gasteiger charge is 2.09. The Morgan fingerprint density at radius 1 is 1.82 bits per heavy atom. The van der Waals surface area contributed by atoms with Gasteiger partial charge in [0.15, 0.2) is 0 Å². The molecule has 0 bridgehead atoms. The summed E-state index contributed by atoms with van der Waals surface area (Å²) in [7, 11) is 0. The fourth-order valence-corrected chi connectivity index (χ4v) is 1.47. The first-order valence-electron chi connectivity index (χ1n) is 3.16. The number of nitrogens with two attached hydrogens (primary N) is 1. The van der Waals surface area contributed by atoms with Gasteiger partial charge in [-0.05, 0) is 6.92 Å². The summed E-state index contributed by atoms with van der Waals surface area (Å²) < 4.78 is 0. The number of aliphatic carboxylic acids is 1. The van der Waals surface area contributed by atoms with E-state index in [2.05, 4.69) is 12.2 Å². The molecule has 0 aliphatic rings. The Morgan fingerprint density at radius 3 is 2.73 bits per heavy atom. The zero-order valence-corrected chi connectivity index (χ0v) is 7.87. The van der Waals surface area contributed by atoms with E-state index >= 15 is 0 Å². The first-order chi connectivity index (χ1) is 5.04. The lowest BCUT2D eigenvalue weighted by molar-refractivity contribution is -0.136. The third-order valence-corrected chi connectivity index (χ3v) is 2.41. The maximum Gasteiger partial charge on any atom is 0.316 e. The number of carbonyl (C=O) groups is 1. The average molecular weight is 193 g/mol. The fraction of sp³-hybridized carbons (Fsp3) is 0.667. The Balaban J connectivity index is 3.39. The molecule has 64 valence electrons. The van der Waals surface area contributed by atoms with Crippen LogP contribution in [0.5, 0.6) is 0 Å². The highest BCUT2D eigenvalue weighted by atomic mass is 32.2. The molecule has 3 N–H and O–H groups in total. The van der Waals surface area contributed by atoms with Gasteiger partial charge in [0, 0.05) is 12.2 Å². The van der Waals surface area contributed by atoms with Crippen molar-refractivity contribution >= 4 is 34.9 Å². The van der Waals surface area contributed by atoms with Crippen molar-refractivity contribution < 1.29 is 9.90 Å². The van der Waals surface area contributed by atoms with Crippen molar-refractivity contribution in [2.24, 2.45) is 5.73 Å². The van der Waals surface area contributed by atoms with Crippen molar-refractivity contribution in [2.45, 2.75) is 18.6 Å². The summed E-state index contributed by atoms with van der Waals surface area (Å²) in [6.45, 7) is 1.65. The predicted molar refractivity (Wildman–Crippen MR) is 51.0 cm³/mol. The molecule has 0 aromatic carbocycles. The zero-order chi connectivity index (χ0) is 8.85. The molecule has 0 aromatic rings. The van der Waals surface area contributed by atoms with Gasteiger partial charge in [-0.25, -0.2) is 0 Å². The molecule has 0 rings (SSSR count). The van der Waals surface area contributed by atoms with E-state index in [1.165, 1.54) is 11.8 Å². The second-order valence-electron chi connectivity index (χ2n) is 2.07. The van der Waals surface area contributed by atoms with Gasteiger partial charge in [0.05, 0.1) is 10.2 Å². The van der Waals surface area contributed by atoms with E-state index < -0.39 is 5.97 Å². The Morgan fingerprint density at radius 2 is 2.36 bits per heavy atom. The van der Waals surface area contributed by atoms with Crippen molar-refractivity contribution in [3.8, 4) is 0 Å². The van der Waals surface area contributed by atoms with Crippen LogP contribution in [0.3, 0.4) is 0 Å². The van der Waals surface area contributed by atoms with E-state index in [1.807, 2.05) is 0 Å². The Kier molecular flexibility index (Phi) is 5.23. The number of carboxylic acids is 1. The van der Waals surface area contributed by atoms with Crippen LogP contribution in [0, 0.1) is 0 Å². The number of thioether (sulfide) groups is 1. The van der Waals surface area contributed by atoms with Gasteiger partial charge in [-0.1, -0.05) is 12.2 Å². The van der Waals surface area contributed by atoms with E-state index in [9.17, 15) is 4.79 Å². The number of rotatable bonds is 5. The molecule has 0 saturated heterocycles. The molecule has 5 heteroatoms. The van der Waals surface area contributed by atoms with Crippen molar-refractivity contribution in [1.29, 1.82) is 0 Å². The summed E-state index contributed by atoms with van der Waals surface area (Å²) in [6, 6.07) is 0. The zero-order valence-electron chi connectivity index (χ0n) is 6.24. The van der Waals surface area contributed by atoms with Gasteiger partial charge in [-0.2, -0.15) is 0 Å². The lowest BCUT2D eigenvalue weighted by Crippen LogP contribution is -2.14. The number of hydrogen-bond donors (Lipinski definition) is 2. The smallest absolute Gasteiger partial charge is 0.316 e. The Labute approximate surface area is 75.3 Å². The van der Waals surface area contributed by atoms with Gasteiger partial charge in [-0.15, -0.1) is 11.8 Å². The standard InChI is InChI=1S/C6H11NO2S2/c1-4(6(8)9)11-3-2-5(7)10/h4H,2-3H2,1H3,(H2,7,10)(H,8,9). The van der Waals surface area contributed by atoms with Crippen molar-refractivity contribution in [2.75, 3.05) is 5.75 Å². The van der Waals surface area contributed by atoms with Crippen LogP contribution in [-0.2, 0) is 4.79 Å². The first kappa shape index (κ1) is 10.7. The molecule has 1 atom stereocenters. The van der Waals surface area contributed by atoms with Crippen molar-refractivity contribution in [3.63, 3.8) is 0 Å². The molecular formula is C6H11NO2S2. The van der Waals surface area contributed by atoms with Gasteiger partial charge in [0.25, 0.3) is 0 Å². The summed E-state index contributed by atoms with van der Waals surface area (Å²) in [6.07, 6.45) is 0.609. The van der Waals surface area contributed by atoms with Gasteiger partial charge in [0.1, 0.15) is 0 Å². The van der Waals surface area contributed by atoms with Crippen LogP contribution in [0.2, 0.25) is 0 Å². The minimum atomic E-state index is -0.794. The largest absolute Gasteiger partial charge is 0.480 e. The summed E-state index contributed by atoms with van der Waals surface area (Å²) >= 11 is 5.98. The van der Waals surface area contributed by atoms with E-state index in [1.54, 1.807) is 6.92 Å². The maximum atomic E-state index is 10.3. The molecule has 0 saturated carbocycles. The highest BCUT2D eigenvalue weighted by molar-refractivity contribution is 8.00. The predicted octanol–water partition coefficient (Wildman–Crippen LogP) is 0.869. The Bertz CT molecular complexity index is 161. The molecule has 11 heavy (non-hydrogen) atoms. The third-order valence-electron chi connectivity index (χ3n) is 1.06. The maximum absolute atomic E-state index is 10.3. The SMILES string of the molecule is CC(SCCC(N)=S)C(=O)O. The van der Waals surface area contributed by atoms with Crippen LogP contribution >= 0.6 is 24.0 Å². The number of hydrogen-bond acceptors (Lipinski definition) is 3. The van der Waals surface area contributed by atoms with E-state index in [-0.39, 0.29) is 5.25 Å². The summed E-state index contributed by atoms with van der Waals surface area (Å²) in [5.74, 6) is -0.110. The van der Waals surface area contributed by atoms with Crippen molar-refractivity contribution in [1.82, 2.24) is 0 Å². The second-order valence-corrected chi connectivity index (χ2v) is 4.04. The lowest BCUT2D eigenvalue weighted by Gasteiger charge is -2.03. The van der Waals surface area contributed by atoms with E-state index in [4.69, 9.17) is 10.8 Å². The summed E-state index contributed by atoms with van der Waals surface area (Å²) in [5, 5.41) is 8.09. The van der Waals surface area contributed by atoms with Crippen LogP contribution in [0.4, 0.5) is 0 Å². The number of carboxylic acid groups (broad SMARTS) is 1. The van der Waals surface area contributed by atoms with Crippen LogP contribution in [0.25, 0.3) is 0 Å². The first-order valence-corrected chi connectivity index (χ1v) is 4.62. The molecule has 0 spiro atoms. The van der Waals surface area contributed by atoms with E-state index in [0.717, 1.165) is 0 Å². The molecule has 0 aliphatic carbocycles. The van der Waals surface area contributed by atoms with Crippen LogP contribution in [-0.4, -0.2) is 27.1 Å². The molecule has 0 fully saturated rings. The molecule has 1 unspecified atom stereocenters. The monoisotopic (exact) mass is 193 g/mol. The minimum Gasteiger partial charge on any atom is -0.480 e. The van der Waals surface area contributed by atoms with Crippen molar-refractivity contribution in [3.05, 3.63) is 0 Å². The molecule has 0 aliphatic heterocycles. The molecule has 0 radical (unpaired) electrons. The topological polar surface area (TPSA) is 63.3 Å². The molecule has 0 amide bonds. The number of thiocarbonyl (C=S) groups is 1. The third kappa shape index (κ3) is 6.12. The summed E-state index contributed by atoms with van der Waals surface area (Å²) in [5.41, 5.74) is 5.23. The fourth-order valence-electron chi connectivity index (χ4n) is 0.408. The van der Waals surface area contributed by atoms with E-state index in [0.29, 0.717) is 17.2 Å². The van der Waals surface area contributed by atoms with Crippen LogP contribution in [0.15, 0.2) is 0 Å².